The molecule has 16 aromatic rings. The Morgan fingerprint density at radius 2 is 0.512 bits per heavy atom. The maximum absolute atomic E-state index is 2.35. The number of fused-ring (bicyclic) bond motifs is 10. The third-order valence-corrected chi connectivity index (χ3v) is 22.3. The van der Waals surface area contributed by atoms with Gasteiger partial charge >= 0.3 is 142 Å². The maximum Gasteiger partial charge on any atom is -0.0224 e. The molecule has 0 saturated carbocycles. The summed E-state index contributed by atoms with van der Waals surface area (Å²) in [5.74, 6) is 0. The van der Waals surface area contributed by atoms with Crippen LogP contribution in [0.3, 0.4) is 0 Å². The standard InChI is InChI=1S/2C20H15.2C13H9.2C7H8Si.2ClH.2Zr/c2*1-14-10-11-19(20-9-5-4-8-18(14)20)17-12-15-6-2-3-7-16(15)13-17;2*1-3-7-12-10(5-1)9-11-6-2-4-8-13(11)12;2*1-8-7-5-3-2-4-6-7;;;;/h2*2-13H,1H3;2*1-9H;2*2-6H,1H3;2*1H;;/q4*-1;;;;;2*+2/p-2. The van der Waals surface area contributed by atoms with Gasteiger partial charge in [-0.15, -0.1) is 149 Å². The third-order valence-electron chi connectivity index (χ3n) is 15.6. The molecule has 0 fully saturated rings. The number of benzene rings is 12. The molecule has 86 heavy (non-hydrogen) atoms. The Kier molecular flexibility index (Phi) is 22.5. The van der Waals surface area contributed by atoms with E-state index >= 15 is 0 Å². The minimum atomic E-state index is -0.122. The fourth-order valence-electron chi connectivity index (χ4n) is 11.2. The first-order valence-corrected chi connectivity index (χ1v) is 40.1. The van der Waals surface area contributed by atoms with Gasteiger partial charge in [-0.3, -0.25) is 0 Å². The molecular weight excluding hydrogens is 1270 g/mol. The molecule has 0 aliphatic carbocycles. The first-order chi connectivity index (χ1) is 41.2. The molecule has 6 heteroatoms. The van der Waals surface area contributed by atoms with E-state index in [9.17, 15) is 0 Å². The van der Waals surface area contributed by atoms with Crippen LogP contribution >= 0.6 is 0 Å². The van der Waals surface area contributed by atoms with Crippen LogP contribution in [0, 0.1) is 13.8 Å². The Hall–Kier alpha value is -7.10. The number of aryl methyl sites for hydroxylation is 2. The van der Waals surface area contributed by atoms with Gasteiger partial charge in [0.15, 0.2) is 0 Å². The van der Waals surface area contributed by atoms with Gasteiger partial charge in [-0.05, 0) is 46.5 Å². The molecular formula is C80H64Cl2Si2Zr2-2. The van der Waals surface area contributed by atoms with E-state index < -0.39 is 0 Å². The average molecular weight is 1330 g/mol. The Bertz CT molecular complexity index is 4410. The summed E-state index contributed by atoms with van der Waals surface area (Å²) in [6.07, 6.45) is 0. The predicted octanol–water partition coefficient (Wildman–Crippen LogP) is 14.9. The Labute approximate surface area is 549 Å². The molecule has 0 atom stereocenters. The van der Waals surface area contributed by atoms with Crippen molar-refractivity contribution in [3.05, 3.63) is 327 Å². The summed E-state index contributed by atoms with van der Waals surface area (Å²) in [5, 5.41) is 24.5. The van der Waals surface area contributed by atoms with Gasteiger partial charge in [0.05, 0.1) is 0 Å². The number of rotatable bonds is 4. The molecule has 0 spiro atoms. The number of halogens is 2. The van der Waals surface area contributed by atoms with Crippen LogP contribution in [0.5, 0.6) is 0 Å². The molecule has 0 nitrogen and oxygen atoms in total. The molecule has 416 valence electrons. The number of hydrogen-bond donors (Lipinski definition) is 0. The summed E-state index contributed by atoms with van der Waals surface area (Å²) in [6.45, 7) is 9.04. The second kappa shape index (κ2) is 30.5. The molecule has 0 aliphatic heterocycles. The summed E-state index contributed by atoms with van der Waals surface area (Å²) in [6, 6.07) is 113. The van der Waals surface area contributed by atoms with Gasteiger partial charge in [0, 0.05) is 0 Å². The van der Waals surface area contributed by atoms with E-state index in [-0.39, 0.29) is 35.7 Å². The molecule has 0 bridgehead atoms. The second-order valence-corrected chi connectivity index (χ2v) is 36.0. The van der Waals surface area contributed by atoms with E-state index in [1.165, 1.54) is 120 Å². The first-order valence-electron chi connectivity index (χ1n) is 28.7. The van der Waals surface area contributed by atoms with Gasteiger partial charge in [0.1, 0.15) is 0 Å². The summed E-state index contributed by atoms with van der Waals surface area (Å²) in [4.78, 5) is 0. The van der Waals surface area contributed by atoms with Gasteiger partial charge in [-0.25, -0.2) is 0 Å². The summed E-state index contributed by atoms with van der Waals surface area (Å²) in [7, 11) is 0. The van der Waals surface area contributed by atoms with E-state index in [0.29, 0.717) is 0 Å². The van der Waals surface area contributed by atoms with Crippen LogP contribution in [0.2, 0.25) is 13.1 Å². The fraction of sp³-hybridized carbons (Fsp3) is 0.0500. The Morgan fingerprint density at radius 1 is 0.256 bits per heavy atom. The molecule has 0 unspecified atom stereocenters. The van der Waals surface area contributed by atoms with Crippen LogP contribution < -0.4 is 35.2 Å². The monoisotopic (exact) mass is 1330 g/mol. The summed E-state index contributed by atoms with van der Waals surface area (Å²) in [5.41, 5.74) is 7.68. The quantitative estimate of drug-likeness (QED) is 0.122. The van der Waals surface area contributed by atoms with Gasteiger partial charge in [0.2, 0.25) is 0 Å². The maximum atomic E-state index is 2.35. The van der Waals surface area contributed by atoms with Crippen LogP contribution in [-0.2, 0) is 46.7 Å². The largest absolute Gasteiger partial charge is 1.00 e. The molecule has 16 rings (SSSR count). The van der Waals surface area contributed by atoms with Crippen molar-refractivity contribution < 1.29 is 71.5 Å². The van der Waals surface area contributed by atoms with Crippen molar-refractivity contribution in [2.24, 2.45) is 0 Å². The molecule has 0 heterocycles. The molecule has 0 aliphatic rings. The van der Waals surface area contributed by atoms with Crippen LogP contribution in [0.25, 0.3) is 108 Å². The minimum absolute atomic E-state index is 0. The smallest absolute Gasteiger partial charge is 0.0224 e. The zero-order chi connectivity index (χ0) is 57.8. The zero-order valence-electron chi connectivity index (χ0n) is 48.8. The van der Waals surface area contributed by atoms with E-state index in [0.717, 1.165) is 0 Å². The second-order valence-electron chi connectivity index (χ2n) is 21.3. The Balaban J connectivity index is 0.000000126. The van der Waals surface area contributed by atoms with E-state index in [2.05, 4.69) is 342 Å². The van der Waals surface area contributed by atoms with E-state index in [1.807, 2.05) is 0 Å². The molecule has 0 saturated heterocycles. The average Bonchev–Trinajstić information content (AvgIpc) is 2.53. The summed E-state index contributed by atoms with van der Waals surface area (Å²) >= 11 is 3.38. The van der Waals surface area contributed by atoms with Crippen molar-refractivity contribution >= 4 is 107 Å². The zero-order valence-corrected chi connectivity index (χ0v) is 57.2. The molecule has 0 aromatic heterocycles. The normalized spacial score (nSPS) is 10.5. The van der Waals surface area contributed by atoms with Crippen LogP contribution in [0.1, 0.15) is 11.1 Å². The fourth-order valence-corrected chi connectivity index (χ4v) is 15.0. The van der Waals surface area contributed by atoms with Crippen LogP contribution in [0.4, 0.5) is 0 Å². The molecule has 0 N–H and O–H groups in total. The van der Waals surface area contributed by atoms with Crippen molar-refractivity contribution in [2.45, 2.75) is 26.9 Å². The van der Waals surface area contributed by atoms with Crippen molar-refractivity contribution in [3.8, 4) is 22.3 Å². The van der Waals surface area contributed by atoms with Crippen molar-refractivity contribution in [1.82, 2.24) is 0 Å². The number of hydrogen-bond acceptors (Lipinski definition) is 0. The van der Waals surface area contributed by atoms with Gasteiger partial charge in [-0.2, -0.15) is 0 Å². The summed E-state index contributed by atoms with van der Waals surface area (Å²) < 4.78 is 0. The topological polar surface area (TPSA) is 0 Å². The Morgan fingerprint density at radius 3 is 0.802 bits per heavy atom. The van der Waals surface area contributed by atoms with Crippen LogP contribution in [0.15, 0.2) is 315 Å². The minimum Gasteiger partial charge on any atom is -1.00 e. The van der Waals surface area contributed by atoms with E-state index in [4.69, 9.17) is 0 Å². The molecule has 0 amide bonds. The SMILES string of the molecule is C[Si](=[Zr+2])c1ccccc1.C[Si](=[Zr+2])c1ccccc1.Cc1ccc(-c2cc3ccccc3[cH-]2)c2ccccc12.Cc1ccc(-c2cc3ccccc3[cH-]2)c2ccccc12.[Cl-].[Cl-].c1ccc2c(c1)[cH-]c1ccccc12.c1ccc2c(c1)[cH-]c1ccccc12. The van der Waals surface area contributed by atoms with E-state index in [1.54, 1.807) is 57.0 Å². The first kappa shape index (κ1) is 63.4. The van der Waals surface area contributed by atoms with Crippen LogP contribution in [-0.4, -0.2) is 10.9 Å². The van der Waals surface area contributed by atoms with Gasteiger partial charge in [-0.1, -0.05) is 193 Å². The van der Waals surface area contributed by atoms with Crippen molar-refractivity contribution in [1.29, 1.82) is 0 Å². The van der Waals surface area contributed by atoms with Crippen molar-refractivity contribution in [3.63, 3.8) is 0 Å². The third kappa shape index (κ3) is 15.2. The van der Waals surface area contributed by atoms with Gasteiger partial charge in [0.25, 0.3) is 0 Å². The molecule has 0 radical (unpaired) electrons. The molecule has 16 aromatic carbocycles. The van der Waals surface area contributed by atoms with Gasteiger partial charge < -0.3 is 24.8 Å². The van der Waals surface area contributed by atoms with Crippen molar-refractivity contribution in [2.75, 3.05) is 0 Å². The predicted molar refractivity (Wildman–Crippen MR) is 364 cm³/mol.